The zero-order chi connectivity index (χ0) is 13.3. The second kappa shape index (κ2) is 5.16. The minimum atomic E-state index is -1.23. The molecule has 1 saturated carbocycles. The third-order valence-corrected chi connectivity index (χ3v) is 4.66. The predicted octanol–water partition coefficient (Wildman–Crippen LogP) is 3.25. The van der Waals surface area contributed by atoms with Gasteiger partial charge in [0.15, 0.2) is 0 Å². The predicted molar refractivity (Wildman–Crippen MR) is 79.4 cm³/mol. The van der Waals surface area contributed by atoms with Crippen LogP contribution in [0, 0.1) is 8.99 Å². The van der Waals surface area contributed by atoms with Gasteiger partial charge in [-0.25, -0.2) is 0 Å². The van der Waals surface area contributed by atoms with E-state index in [4.69, 9.17) is 0 Å². The van der Waals surface area contributed by atoms with E-state index < -0.39 is 17.3 Å². The van der Waals surface area contributed by atoms with Crippen LogP contribution < -0.4 is 5.32 Å². The summed E-state index contributed by atoms with van der Waals surface area (Å²) in [6, 6.07) is 5.50. The minimum absolute atomic E-state index is 0.415. The summed E-state index contributed by atoms with van der Waals surface area (Å²) in [6.45, 7) is 0. The van der Waals surface area contributed by atoms with Crippen molar-refractivity contribution >= 4 is 56.1 Å². The second-order valence-corrected chi connectivity index (χ2v) is 6.40. The van der Waals surface area contributed by atoms with Crippen LogP contribution in [-0.4, -0.2) is 17.0 Å². The van der Waals surface area contributed by atoms with Crippen molar-refractivity contribution in [3.8, 4) is 0 Å². The van der Waals surface area contributed by atoms with Crippen molar-refractivity contribution in [3.05, 3.63) is 26.2 Å². The van der Waals surface area contributed by atoms with E-state index in [0.29, 0.717) is 18.5 Å². The van der Waals surface area contributed by atoms with Crippen LogP contribution >= 0.6 is 38.5 Å². The third-order valence-electron chi connectivity index (χ3n) is 3.23. The molecule has 2 N–H and O–H groups in total. The highest BCUT2D eigenvalue weighted by Crippen LogP contribution is 2.42. The summed E-state index contributed by atoms with van der Waals surface area (Å²) in [5.41, 5.74) is -0.590. The summed E-state index contributed by atoms with van der Waals surface area (Å²) in [6.07, 6.45) is 1.62. The molecule has 0 saturated heterocycles. The number of nitrogens with one attached hydrogen (secondary N) is 1. The van der Waals surface area contributed by atoms with Crippen molar-refractivity contribution in [2.45, 2.75) is 19.3 Å². The summed E-state index contributed by atoms with van der Waals surface area (Å²) < 4.78 is 1.72. The Bertz CT molecular complexity index is 514. The molecular formula is C12H11BrINO3. The molecule has 0 heterocycles. The van der Waals surface area contributed by atoms with Gasteiger partial charge in [-0.1, -0.05) is 22.4 Å². The Morgan fingerprint density at radius 2 is 2.06 bits per heavy atom. The average molecular weight is 424 g/mol. The summed E-state index contributed by atoms with van der Waals surface area (Å²) in [5, 5.41) is 11.9. The monoisotopic (exact) mass is 423 g/mol. The maximum atomic E-state index is 12.1. The van der Waals surface area contributed by atoms with Crippen molar-refractivity contribution in [2.24, 2.45) is 5.41 Å². The number of rotatable bonds is 3. The topological polar surface area (TPSA) is 66.4 Å². The van der Waals surface area contributed by atoms with E-state index in [1.54, 1.807) is 6.07 Å². The van der Waals surface area contributed by atoms with Gasteiger partial charge in [0, 0.05) is 8.04 Å². The van der Waals surface area contributed by atoms with Gasteiger partial charge in [-0.05, 0) is 53.6 Å². The molecule has 0 spiro atoms. The first-order chi connectivity index (χ1) is 8.45. The van der Waals surface area contributed by atoms with Crippen molar-refractivity contribution in [1.82, 2.24) is 0 Å². The number of carbonyl (C=O) groups is 2. The van der Waals surface area contributed by atoms with Gasteiger partial charge in [0.1, 0.15) is 5.41 Å². The average Bonchev–Trinajstić information content (AvgIpc) is 2.21. The molecule has 0 atom stereocenters. The van der Waals surface area contributed by atoms with Crippen LogP contribution in [0.25, 0.3) is 0 Å². The Hall–Kier alpha value is -0.630. The van der Waals surface area contributed by atoms with E-state index in [9.17, 15) is 14.7 Å². The van der Waals surface area contributed by atoms with E-state index in [-0.39, 0.29) is 0 Å². The number of anilines is 1. The molecule has 1 aliphatic carbocycles. The smallest absolute Gasteiger partial charge is 0.319 e. The number of amides is 1. The molecular weight excluding hydrogens is 413 g/mol. The molecule has 96 valence electrons. The Morgan fingerprint density at radius 1 is 1.39 bits per heavy atom. The first-order valence-electron chi connectivity index (χ1n) is 5.45. The molecule has 18 heavy (non-hydrogen) atoms. The fraction of sp³-hybridized carbons (Fsp3) is 0.333. The quantitative estimate of drug-likeness (QED) is 0.579. The molecule has 6 heteroatoms. The van der Waals surface area contributed by atoms with Gasteiger partial charge in [-0.3, -0.25) is 9.59 Å². The highest BCUT2D eigenvalue weighted by molar-refractivity contribution is 14.1. The second-order valence-electron chi connectivity index (χ2n) is 4.32. The van der Waals surface area contributed by atoms with Crippen molar-refractivity contribution in [1.29, 1.82) is 0 Å². The standard InChI is InChI=1S/C12H11BrINO3/c13-7-2-3-8(14)9(6-7)15-10(16)12(11(17)18)4-1-5-12/h2-3,6H,1,4-5H2,(H,15,16)(H,17,18). The molecule has 0 aromatic heterocycles. The van der Waals surface area contributed by atoms with Gasteiger partial charge in [0.2, 0.25) is 5.91 Å². The highest BCUT2D eigenvalue weighted by Gasteiger charge is 2.51. The van der Waals surface area contributed by atoms with Crippen LogP contribution in [0.5, 0.6) is 0 Å². The van der Waals surface area contributed by atoms with Crippen LogP contribution in [0.3, 0.4) is 0 Å². The molecule has 0 unspecified atom stereocenters. The Labute approximate surface area is 126 Å². The number of hydrogen-bond donors (Lipinski definition) is 2. The summed E-state index contributed by atoms with van der Waals surface area (Å²) >= 11 is 5.43. The maximum absolute atomic E-state index is 12.1. The molecule has 4 nitrogen and oxygen atoms in total. The van der Waals surface area contributed by atoms with Gasteiger partial charge in [0.05, 0.1) is 5.69 Å². The molecule has 1 aliphatic rings. The molecule has 2 rings (SSSR count). The number of aliphatic carboxylic acids is 1. The van der Waals surface area contributed by atoms with Crippen molar-refractivity contribution in [2.75, 3.05) is 5.32 Å². The first kappa shape index (κ1) is 13.8. The summed E-state index contributed by atoms with van der Waals surface area (Å²) in [7, 11) is 0. The van der Waals surface area contributed by atoms with E-state index >= 15 is 0 Å². The SMILES string of the molecule is O=C(O)C1(C(=O)Nc2cc(Br)ccc2I)CCC1. The van der Waals surface area contributed by atoms with E-state index in [0.717, 1.165) is 14.5 Å². The maximum Gasteiger partial charge on any atom is 0.319 e. The van der Waals surface area contributed by atoms with Crippen molar-refractivity contribution < 1.29 is 14.7 Å². The molecule has 1 aromatic carbocycles. The van der Waals surface area contributed by atoms with Crippen LogP contribution in [0.2, 0.25) is 0 Å². The lowest BCUT2D eigenvalue weighted by Crippen LogP contribution is -2.48. The van der Waals surface area contributed by atoms with Crippen LogP contribution in [0.1, 0.15) is 19.3 Å². The van der Waals surface area contributed by atoms with E-state index in [1.807, 2.05) is 12.1 Å². The normalized spacial score (nSPS) is 16.8. The number of carbonyl (C=O) groups excluding carboxylic acids is 1. The number of carboxylic acid groups (broad SMARTS) is 1. The summed E-state index contributed by atoms with van der Waals surface area (Å²) in [5.74, 6) is -1.45. The summed E-state index contributed by atoms with van der Waals surface area (Å²) in [4.78, 5) is 23.3. The zero-order valence-electron chi connectivity index (χ0n) is 9.37. The molecule has 0 radical (unpaired) electrons. The fourth-order valence-electron chi connectivity index (χ4n) is 1.90. The number of benzene rings is 1. The van der Waals surface area contributed by atoms with Gasteiger partial charge in [-0.2, -0.15) is 0 Å². The van der Waals surface area contributed by atoms with Gasteiger partial charge >= 0.3 is 5.97 Å². The van der Waals surface area contributed by atoms with Crippen LogP contribution in [0.15, 0.2) is 22.7 Å². The van der Waals surface area contributed by atoms with E-state index in [1.165, 1.54) is 0 Å². The van der Waals surface area contributed by atoms with Crippen LogP contribution in [0.4, 0.5) is 5.69 Å². The molecule has 0 aliphatic heterocycles. The Balaban J connectivity index is 2.21. The minimum Gasteiger partial charge on any atom is -0.480 e. The number of carboxylic acids is 1. The van der Waals surface area contributed by atoms with E-state index in [2.05, 4.69) is 43.8 Å². The van der Waals surface area contributed by atoms with Gasteiger partial charge in [-0.15, -0.1) is 0 Å². The lowest BCUT2D eigenvalue weighted by atomic mass is 9.68. The fourth-order valence-corrected chi connectivity index (χ4v) is 2.74. The Morgan fingerprint density at radius 3 is 2.56 bits per heavy atom. The van der Waals surface area contributed by atoms with Gasteiger partial charge in [0.25, 0.3) is 0 Å². The molecule has 1 amide bonds. The number of hydrogen-bond acceptors (Lipinski definition) is 2. The number of halogens is 2. The van der Waals surface area contributed by atoms with Crippen LogP contribution in [-0.2, 0) is 9.59 Å². The lowest BCUT2D eigenvalue weighted by Gasteiger charge is -2.35. The molecule has 1 fully saturated rings. The lowest BCUT2D eigenvalue weighted by molar-refractivity contribution is -0.159. The highest BCUT2D eigenvalue weighted by atomic mass is 127. The Kier molecular flexibility index (Phi) is 3.96. The molecule has 0 bridgehead atoms. The first-order valence-corrected chi connectivity index (χ1v) is 7.33. The molecule has 1 aromatic rings. The largest absolute Gasteiger partial charge is 0.480 e. The van der Waals surface area contributed by atoms with Gasteiger partial charge < -0.3 is 10.4 Å². The van der Waals surface area contributed by atoms with Crippen molar-refractivity contribution in [3.63, 3.8) is 0 Å². The third kappa shape index (κ3) is 2.40. The zero-order valence-corrected chi connectivity index (χ0v) is 13.1.